The van der Waals surface area contributed by atoms with Gasteiger partial charge in [0, 0.05) is 11.1 Å². The standard InChI is InChI=1S/C10H10BN3OS/c1-2-16-9-7(10(12)15)4-13-14-5-6(11)3-8(9)14/h3-5H,2H2,1H3,(H2,12,15). The van der Waals surface area contributed by atoms with Gasteiger partial charge < -0.3 is 5.73 Å². The molecule has 2 N–H and O–H groups in total. The first kappa shape index (κ1) is 11.1. The molecule has 2 aromatic rings. The minimum atomic E-state index is -0.467. The largest absolute Gasteiger partial charge is 0.366 e. The normalized spacial score (nSPS) is 10.8. The lowest BCUT2D eigenvalue weighted by Gasteiger charge is -2.06. The summed E-state index contributed by atoms with van der Waals surface area (Å²) in [6.07, 6.45) is 3.19. The first-order chi connectivity index (χ1) is 7.63. The highest BCUT2D eigenvalue weighted by Crippen LogP contribution is 2.26. The molecule has 2 rings (SSSR count). The number of thioether (sulfide) groups is 1. The van der Waals surface area contributed by atoms with Crippen molar-refractivity contribution >= 4 is 36.5 Å². The van der Waals surface area contributed by atoms with Crippen LogP contribution in [-0.2, 0) is 0 Å². The zero-order chi connectivity index (χ0) is 11.7. The highest BCUT2D eigenvalue weighted by Gasteiger charge is 2.13. The summed E-state index contributed by atoms with van der Waals surface area (Å²) in [7, 11) is 5.70. The molecule has 0 aliphatic carbocycles. The average molecular weight is 231 g/mol. The number of carbonyl (C=O) groups excluding carboxylic acids is 1. The van der Waals surface area contributed by atoms with E-state index in [-0.39, 0.29) is 0 Å². The zero-order valence-corrected chi connectivity index (χ0v) is 9.62. The Morgan fingerprint density at radius 3 is 3.06 bits per heavy atom. The fourth-order valence-electron chi connectivity index (χ4n) is 1.53. The predicted octanol–water partition coefficient (Wildman–Crippen LogP) is 0.339. The number of fused-ring (bicyclic) bond motifs is 1. The molecular formula is C10H10BN3OS. The number of amides is 1. The van der Waals surface area contributed by atoms with Crippen LogP contribution in [0.15, 0.2) is 23.4 Å². The second-order valence-electron chi connectivity index (χ2n) is 3.29. The van der Waals surface area contributed by atoms with E-state index in [0.717, 1.165) is 16.2 Å². The van der Waals surface area contributed by atoms with Crippen molar-refractivity contribution in [3.05, 3.63) is 24.0 Å². The lowest BCUT2D eigenvalue weighted by Crippen LogP contribution is -2.14. The van der Waals surface area contributed by atoms with Crippen LogP contribution in [-0.4, -0.2) is 29.1 Å². The van der Waals surface area contributed by atoms with Crippen LogP contribution in [0.2, 0.25) is 0 Å². The Morgan fingerprint density at radius 2 is 2.44 bits per heavy atom. The summed E-state index contributed by atoms with van der Waals surface area (Å²) >= 11 is 1.56. The van der Waals surface area contributed by atoms with Crippen LogP contribution in [0.1, 0.15) is 17.3 Å². The average Bonchev–Trinajstić information content (AvgIpc) is 2.59. The van der Waals surface area contributed by atoms with Gasteiger partial charge in [-0.3, -0.25) is 4.79 Å². The molecule has 0 unspecified atom stereocenters. The summed E-state index contributed by atoms with van der Waals surface area (Å²) in [5.41, 5.74) is 7.19. The van der Waals surface area contributed by atoms with E-state index in [4.69, 9.17) is 13.6 Å². The quantitative estimate of drug-likeness (QED) is 0.612. The molecule has 0 atom stereocenters. The van der Waals surface area contributed by atoms with E-state index in [2.05, 4.69) is 5.10 Å². The van der Waals surface area contributed by atoms with E-state index in [1.807, 2.05) is 6.92 Å². The van der Waals surface area contributed by atoms with Crippen molar-refractivity contribution in [1.82, 2.24) is 9.61 Å². The molecule has 0 spiro atoms. The molecule has 0 bridgehead atoms. The van der Waals surface area contributed by atoms with Crippen LogP contribution >= 0.6 is 11.8 Å². The monoisotopic (exact) mass is 231 g/mol. The minimum Gasteiger partial charge on any atom is -0.366 e. The molecule has 2 aromatic heterocycles. The topological polar surface area (TPSA) is 60.4 Å². The van der Waals surface area contributed by atoms with Gasteiger partial charge in [-0.1, -0.05) is 12.4 Å². The molecule has 4 nitrogen and oxygen atoms in total. The molecule has 2 radical (unpaired) electrons. The summed E-state index contributed by atoms with van der Waals surface area (Å²) in [4.78, 5) is 12.1. The number of nitrogens with two attached hydrogens (primary N) is 1. The number of primary amides is 1. The Bertz CT molecular complexity index is 552. The second kappa shape index (κ2) is 4.21. The number of nitrogens with zero attached hydrogens (tertiary/aromatic N) is 2. The highest BCUT2D eigenvalue weighted by molar-refractivity contribution is 7.99. The third-order valence-electron chi connectivity index (χ3n) is 2.16. The van der Waals surface area contributed by atoms with Crippen molar-refractivity contribution in [1.29, 1.82) is 0 Å². The van der Waals surface area contributed by atoms with Crippen LogP contribution in [0.25, 0.3) is 5.52 Å². The van der Waals surface area contributed by atoms with Crippen molar-refractivity contribution in [3.8, 4) is 0 Å². The third kappa shape index (κ3) is 1.80. The molecular weight excluding hydrogens is 221 g/mol. The highest BCUT2D eigenvalue weighted by atomic mass is 32.2. The van der Waals surface area contributed by atoms with Crippen molar-refractivity contribution < 1.29 is 4.79 Å². The molecule has 1 amide bonds. The molecule has 16 heavy (non-hydrogen) atoms. The van der Waals surface area contributed by atoms with Gasteiger partial charge in [-0.2, -0.15) is 5.10 Å². The number of rotatable bonds is 3. The van der Waals surface area contributed by atoms with Gasteiger partial charge in [-0.05, 0) is 11.8 Å². The molecule has 0 saturated carbocycles. The third-order valence-corrected chi connectivity index (χ3v) is 3.17. The number of hydrogen-bond acceptors (Lipinski definition) is 3. The van der Waals surface area contributed by atoms with E-state index in [0.29, 0.717) is 11.0 Å². The summed E-state index contributed by atoms with van der Waals surface area (Å²) in [6, 6.07) is 1.79. The van der Waals surface area contributed by atoms with E-state index < -0.39 is 5.91 Å². The van der Waals surface area contributed by atoms with Gasteiger partial charge in [0.1, 0.15) is 7.85 Å². The Morgan fingerprint density at radius 1 is 1.69 bits per heavy atom. The molecule has 0 aliphatic rings. The molecule has 2 heterocycles. The summed E-state index contributed by atoms with van der Waals surface area (Å²) in [6.45, 7) is 2.01. The Kier molecular flexibility index (Phi) is 2.91. The number of aromatic nitrogens is 2. The summed E-state index contributed by atoms with van der Waals surface area (Å²) in [5.74, 6) is 0.385. The van der Waals surface area contributed by atoms with Gasteiger partial charge in [0.25, 0.3) is 5.91 Å². The van der Waals surface area contributed by atoms with Crippen molar-refractivity contribution in [2.45, 2.75) is 11.8 Å². The van der Waals surface area contributed by atoms with Crippen molar-refractivity contribution in [2.24, 2.45) is 5.73 Å². The Hall–Kier alpha value is -1.43. The maximum absolute atomic E-state index is 11.3. The predicted molar refractivity (Wildman–Crippen MR) is 65.5 cm³/mol. The smallest absolute Gasteiger partial charge is 0.251 e. The maximum Gasteiger partial charge on any atom is 0.251 e. The molecule has 0 aromatic carbocycles. The summed E-state index contributed by atoms with van der Waals surface area (Å²) < 4.78 is 1.65. The van der Waals surface area contributed by atoms with Gasteiger partial charge in [0.2, 0.25) is 0 Å². The SMILES string of the molecule is [B]c1cc2c(SCC)c(C(N)=O)cnn2c1. The first-order valence-electron chi connectivity index (χ1n) is 4.83. The van der Waals surface area contributed by atoms with Crippen molar-refractivity contribution in [2.75, 3.05) is 5.75 Å². The zero-order valence-electron chi connectivity index (χ0n) is 8.80. The second-order valence-corrected chi connectivity index (χ2v) is 4.56. The van der Waals surface area contributed by atoms with Gasteiger partial charge in [0.15, 0.2) is 0 Å². The van der Waals surface area contributed by atoms with E-state index in [9.17, 15) is 4.79 Å². The fourth-order valence-corrected chi connectivity index (χ4v) is 2.42. The molecule has 6 heteroatoms. The minimum absolute atomic E-state index is 0.442. The number of hydrogen-bond donors (Lipinski definition) is 1. The fraction of sp³-hybridized carbons (Fsp3) is 0.200. The van der Waals surface area contributed by atoms with Gasteiger partial charge in [0.05, 0.1) is 17.3 Å². The van der Waals surface area contributed by atoms with E-state index in [1.165, 1.54) is 6.20 Å². The maximum atomic E-state index is 11.3. The Labute approximate surface area is 98.6 Å². The van der Waals surface area contributed by atoms with E-state index >= 15 is 0 Å². The molecule has 0 fully saturated rings. The van der Waals surface area contributed by atoms with Crippen LogP contribution in [0.5, 0.6) is 0 Å². The number of carbonyl (C=O) groups is 1. The lowest BCUT2D eigenvalue weighted by molar-refractivity contribution is 0.0997. The van der Waals surface area contributed by atoms with Gasteiger partial charge >= 0.3 is 0 Å². The molecule has 0 saturated heterocycles. The van der Waals surface area contributed by atoms with Gasteiger partial charge in [-0.25, -0.2) is 4.52 Å². The molecule has 0 aliphatic heterocycles. The summed E-state index contributed by atoms with van der Waals surface area (Å²) in [5, 5.41) is 4.09. The van der Waals surface area contributed by atoms with Crippen molar-refractivity contribution in [3.63, 3.8) is 0 Å². The van der Waals surface area contributed by atoms with Crippen LogP contribution in [0.4, 0.5) is 0 Å². The molecule has 80 valence electrons. The van der Waals surface area contributed by atoms with Crippen LogP contribution in [0.3, 0.4) is 0 Å². The van der Waals surface area contributed by atoms with Crippen LogP contribution < -0.4 is 11.2 Å². The lowest BCUT2D eigenvalue weighted by atomic mass is 10.0. The Balaban J connectivity index is 2.72. The first-order valence-corrected chi connectivity index (χ1v) is 5.81. The van der Waals surface area contributed by atoms with E-state index in [1.54, 1.807) is 28.5 Å². The van der Waals surface area contributed by atoms with Gasteiger partial charge in [-0.15, -0.1) is 11.8 Å². The van der Waals surface area contributed by atoms with Crippen LogP contribution in [0, 0.1) is 0 Å².